The molecule has 0 radical (unpaired) electrons. The van der Waals surface area contributed by atoms with Gasteiger partial charge in [-0.1, -0.05) is 0 Å². The van der Waals surface area contributed by atoms with Crippen LogP contribution >= 0.6 is 0 Å². The van der Waals surface area contributed by atoms with Crippen molar-refractivity contribution in [1.29, 1.82) is 0 Å². The van der Waals surface area contributed by atoms with E-state index in [9.17, 15) is 9.90 Å². The Bertz CT molecular complexity index is 485. The summed E-state index contributed by atoms with van der Waals surface area (Å²) in [5, 5.41) is 16.6. The van der Waals surface area contributed by atoms with Gasteiger partial charge in [0.2, 0.25) is 0 Å². The van der Waals surface area contributed by atoms with Crippen molar-refractivity contribution >= 4 is 5.91 Å². The van der Waals surface area contributed by atoms with Gasteiger partial charge < -0.3 is 15.3 Å². The molecule has 0 unspecified atom stereocenters. The number of carbonyl (C=O) groups is 1. The first-order chi connectivity index (χ1) is 10.4. The monoisotopic (exact) mass is 308 g/mol. The normalized spacial score (nSPS) is 17.6. The van der Waals surface area contributed by atoms with Gasteiger partial charge in [-0.2, -0.15) is 5.10 Å². The Balaban J connectivity index is 1.68. The van der Waals surface area contributed by atoms with Crippen molar-refractivity contribution in [3.63, 3.8) is 0 Å². The Morgan fingerprint density at radius 1 is 1.41 bits per heavy atom. The molecule has 1 fully saturated rings. The van der Waals surface area contributed by atoms with Crippen LogP contribution < -0.4 is 5.32 Å². The molecule has 6 nitrogen and oxygen atoms in total. The maximum absolute atomic E-state index is 12.1. The van der Waals surface area contributed by atoms with Gasteiger partial charge >= 0.3 is 0 Å². The Hall–Kier alpha value is -1.40. The van der Waals surface area contributed by atoms with E-state index in [1.807, 2.05) is 0 Å². The summed E-state index contributed by atoms with van der Waals surface area (Å²) in [4.78, 5) is 14.4. The van der Waals surface area contributed by atoms with Gasteiger partial charge in [0.05, 0.1) is 23.4 Å². The predicted octanol–water partition coefficient (Wildman–Crippen LogP) is 1.21. The van der Waals surface area contributed by atoms with E-state index >= 15 is 0 Å². The van der Waals surface area contributed by atoms with Crippen LogP contribution in [0.2, 0.25) is 0 Å². The second-order valence-corrected chi connectivity index (χ2v) is 7.03. The van der Waals surface area contributed by atoms with Gasteiger partial charge in [-0.15, -0.1) is 0 Å². The number of amides is 1. The fourth-order valence-corrected chi connectivity index (χ4v) is 2.56. The van der Waals surface area contributed by atoms with Crippen molar-refractivity contribution in [2.75, 3.05) is 26.2 Å². The molecular formula is C16H28N4O2. The summed E-state index contributed by atoms with van der Waals surface area (Å²) in [7, 11) is 0. The summed E-state index contributed by atoms with van der Waals surface area (Å²) < 4.78 is 1.81. The molecule has 2 heterocycles. The van der Waals surface area contributed by atoms with E-state index in [2.05, 4.69) is 36.1 Å². The first-order valence-corrected chi connectivity index (χ1v) is 8.10. The Morgan fingerprint density at radius 3 is 2.68 bits per heavy atom. The number of hydrogen-bond acceptors (Lipinski definition) is 4. The summed E-state index contributed by atoms with van der Waals surface area (Å²) in [6, 6.07) is 0. The lowest BCUT2D eigenvalue weighted by molar-refractivity contribution is 0.0816. The second kappa shape index (κ2) is 7.24. The van der Waals surface area contributed by atoms with Gasteiger partial charge in [-0.25, -0.2) is 0 Å². The number of piperidine rings is 1. The topological polar surface area (TPSA) is 70.4 Å². The highest BCUT2D eigenvalue weighted by Crippen LogP contribution is 2.13. The molecule has 1 saturated heterocycles. The lowest BCUT2D eigenvalue weighted by Gasteiger charge is -2.29. The number of aliphatic hydroxyl groups is 1. The molecule has 1 amide bonds. The van der Waals surface area contributed by atoms with Crippen LogP contribution in [0.4, 0.5) is 0 Å². The number of carbonyl (C=O) groups excluding carboxylic acids is 1. The molecular weight excluding hydrogens is 280 g/mol. The highest BCUT2D eigenvalue weighted by molar-refractivity contribution is 5.93. The first kappa shape index (κ1) is 17.0. The zero-order valence-electron chi connectivity index (χ0n) is 13.9. The van der Waals surface area contributed by atoms with Gasteiger partial charge in [-0.3, -0.25) is 9.48 Å². The average molecular weight is 308 g/mol. The molecule has 1 aliphatic heterocycles. The zero-order valence-corrected chi connectivity index (χ0v) is 13.9. The van der Waals surface area contributed by atoms with Crippen LogP contribution in [0.1, 0.15) is 50.4 Å². The van der Waals surface area contributed by atoms with Crippen LogP contribution in [0, 0.1) is 0 Å². The van der Waals surface area contributed by atoms with E-state index < -0.39 is 0 Å². The third kappa shape index (κ3) is 4.81. The Morgan fingerprint density at radius 2 is 2.09 bits per heavy atom. The summed E-state index contributed by atoms with van der Waals surface area (Å²) in [6.45, 7) is 9.69. The van der Waals surface area contributed by atoms with E-state index in [-0.39, 0.29) is 17.6 Å². The highest BCUT2D eigenvalue weighted by Gasteiger charge is 2.18. The summed E-state index contributed by atoms with van der Waals surface area (Å²) in [5.41, 5.74) is 0.494. The number of rotatable bonds is 5. The number of aliphatic hydroxyl groups excluding tert-OH is 1. The molecule has 22 heavy (non-hydrogen) atoms. The predicted molar refractivity (Wildman–Crippen MR) is 85.9 cm³/mol. The fourth-order valence-electron chi connectivity index (χ4n) is 2.56. The molecule has 6 heteroatoms. The van der Waals surface area contributed by atoms with Gasteiger partial charge in [-0.05, 0) is 46.6 Å². The number of nitrogens with zero attached hydrogens (tertiary/aromatic N) is 3. The molecule has 0 spiro atoms. The van der Waals surface area contributed by atoms with Crippen molar-refractivity contribution in [2.24, 2.45) is 0 Å². The summed E-state index contributed by atoms with van der Waals surface area (Å²) in [5.74, 6) is -0.0652. The van der Waals surface area contributed by atoms with Crippen LogP contribution in [-0.2, 0) is 5.54 Å². The maximum atomic E-state index is 12.1. The minimum absolute atomic E-state index is 0.0652. The Labute approximate surface area is 132 Å². The fraction of sp³-hybridized carbons (Fsp3) is 0.750. The molecule has 2 rings (SSSR count). The minimum atomic E-state index is -0.129. The minimum Gasteiger partial charge on any atom is -0.393 e. The van der Waals surface area contributed by atoms with Crippen molar-refractivity contribution < 1.29 is 9.90 Å². The summed E-state index contributed by atoms with van der Waals surface area (Å²) in [6.07, 6.45) is 5.93. The third-order valence-electron chi connectivity index (χ3n) is 4.03. The van der Waals surface area contributed by atoms with E-state index in [1.165, 1.54) is 0 Å². The third-order valence-corrected chi connectivity index (χ3v) is 4.03. The molecule has 2 N–H and O–H groups in total. The standard InChI is InChI=1S/C16H28N4O2/c1-16(2,3)20-12-13(11-18-20)15(22)17-7-4-8-19-9-5-14(21)6-10-19/h11-12,14,21H,4-10H2,1-3H3,(H,17,22). The van der Waals surface area contributed by atoms with Gasteiger partial charge in [0.1, 0.15) is 0 Å². The molecule has 0 atom stereocenters. The molecule has 0 bridgehead atoms. The highest BCUT2D eigenvalue weighted by atomic mass is 16.3. The number of likely N-dealkylation sites (tertiary alicyclic amines) is 1. The molecule has 0 aromatic carbocycles. The second-order valence-electron chi connectivity index (χ2n) is 7.03. The first-order valence-electron chi connectivity index (χ1n) is 8.10. The van der Waals surface area contributed by atoms with Crippen molar-refractivity contribution in [3.8, 4) is 0 Å². The van der Waals surface area contributed by atoms with Crippen molar-refractivity contribution in [2.45, 2.75) is 51.7 Å². The summed E-state index contributed by atoms with van der Waals surface area (Å²) >= 11 is 0. The van der Waals surface area contributed by atoms with Crippen LogP contribution in [-0.4, -0.2) is 58.0 Å². The SMILES string of the molecule is CC(C)(C)n1cc(C(=O)NCCCN2CCC(O)CC2)cn1. The van der Waals surface area contributed by atoms with Gasteiger partial charge in [0.15, 0.2) is 0 Å². The van der Waals surface area contributed by atoms with Gasteiger partial charge in [0, 0.05) is 25.8 Å². The zero-order chi connectivity index (χ0) is 16.2. The lowest BCUT2D eigenvalue weighted by atomic mass is 10.1. The van der Waals surface area contributed by atoms with E-state index in [4.69, 9.17) is 0 Å². The average Bonchev–Trinajstić information content (AvgIpc) is 2.95. The van der Waals surface area contributed by atoms with Crippen LogP contribution in [0.5, 0.6) is 0 Å². The molecule has 1 aliphatic rings. The van der Waals surface area contributed by atoms with E-state index in [0.29, 0.717) is 12.1 Å². The molecule has 0 aliphatic carbocycles. The largest absolute Gasteiger partial charge is 0.393 e. The van der Waals surface area contributed by atoms with E-state index in [1.54, 1.807) is 17.1 Å². The number of aromatic nitrogens is 2. The smallest absolute Gasteiger partial charge is 0.254 e. The Kier molecular flexibility index (Phi) is 5.58. The van der Waals surface area contributed by atoms with Crippen molar-refractivity contribution in [3.05, 3.63) is 18.0 Å². The van der Waals surface area contributed by atoms with Crippen LogP contribution in [0.25, 0.3) is 0 Å². The van der Waals surface area contributed by atoms with Crippen LogP contribution in [0.15, 0.2) is 12.4 Å². The van der Waals surface area contributed by atoms with Crippen LogP contribution in [0.3, 0.4) is 0 Å². The molecule has 1 aromatic rings. The number of nitrogens with one attached hydrogen (secondary N) is 1. The molecule has 1 aromatic heterocycles. The maximum Gasteiger partial charge on any atom is 0.254 e. The lowest BCUT2D eigenvalue weighted by Crippen LogP contribution is -2.37. The quantitative estimate of drug-likeness (QED) is 0.802. The van der Waals surface area contributed by atoms with E-state index in [0.717, 1.165) is 38.9 Å². The van der Waals surface area contributed by atoms with Crippen molar-refractivity contribution in [1.82, 2.24) is 20.0 Å². The number of hydrogen-bond donors (Lipinski definition) is 2. The molecule has 0 saturated carbocycles. The van der Waals surface area contributed by atoms with Gasteiger partial charge in [0.25, 0.3) is 5.91 Å². The molecule has 124 valence electrons.